The van der Waals surface area contributed by atoms with Crippen molar-refractivity contribution in [2.45, 2.75) is 12.2 Å². The van der Waals surface area contributed by atoms with E-state index in [-0.39, 0.29) is 5.91 Å². The van der Waals surface area contributed by atoms with E-state index in [0.29, 0.717) is 10.7 Å². The first kappa shape index (κ1) is 13.1. The van der Waals surface area contributed by atoms with Crippen molar-refractivity contribution < 1.29 is 19.4 Å². The van der Waals surface area contributed by atoms with E-state index in [2.05, 4.69) is 5.32 Å². The second-order valence-electron chi connectivity index (χ2n) is 4.84. The zero-order valence-electron chi connectivity index (χ0n) is 10.3. The van der Waals surface area contributed by atoms with E-state index in [1.54, 1.807) is 36.4 Å². The molecule has 0 spiro atoms. The number of hydrogen-bond acceptors (Lipinski definition) is 3. The Balaban J connectivity index is 1.78. The Labute approximate surface area is 120 Å². The fourth-order valence-electron chi connectivity index (χ4n) is 2.67. The molecule has 2 aliphatic rings. The molecule has 2 N–H and O–H groups in total. The third-order valence-electron chi connectivity index (χ3n) is 3.60. The number of halogens is 1. The summed E-state index contributed by atoms with van der Waals surface area (Å²) in [6.07, 6.45) is 2.47. The second-order valence-corrected chi connectivity index (χ2v) is 5.27. The molecule has 5 nitrogen and oxygen atoms in total. The summed E-state index contributed by atoms with van der Waals surface area (Å²) >= 11 is 5.77. The highest BCUT2D eigenvalue weighted by atomic mass is 35.5. The molecule has 0 aromatic heterocycles. The number of benzene rings is 1. The van der Waals surface area contributed by atoms with Crippen LogP contribution in [0.2, 0.25) is 5.02 Å². The van der Waals surface area contributed by atoms with Gasteiger partial charge in [0.25, 0.3) is 0 Å². The van der Waals surface area contributed by atoms with Gasteiger partial charge in [0, 0.05) is 10.7 Å². The monoisotopic (exact) mass is 293 g/mol. The van der Waals surface area contributed by atoms with Crippen LogP contribution in [0.15, 0.2) is 36.4 Å². The van der Waals surface area contributed by atoms with Crippen molar-refractivity contribution in [3.8, 4) is 0 Å². The molecule has 0 saturated carbocycles. The zero-order chi connectivity index (χ0) is 14.3. The van der Waals surface area contributed by atoms with Gasteiger partial charge in [-0.3, -0.25) is 9.59 Å². The van der Waals surface area contributed by atoms with Crippen molar-refractivity contribution in [3.05, 3.63) is 41.4 Å². The van der Waals surface area contributed by atoms with Crippen LogP contribution in [0, 0.1) is 11.8 Å². The first-order chi connectivity index (χ1) is 9.56. The Morgan fingerprint density at radius 3 is 2.30 bits per heavy atom. The maximum absolute atomic E-state index is 12.3. The number of hydrogen-bond donors (Lipinski definition) is 2. The number of anilines is 1. The number of nitrogens with one attached hydrogen (secondary N) is 1. The van der Waals surface area contributed by atoms with E-state index in [1.807, 2.05) is 0 Å². The Bertz CT molecular complexity index is 583. The summed E-state index contributed by atoms with van der Waals surface area (Å²) < 4.78 is 5.46. The molecule has 6 heteroatoms. The summed E-state index contributed by atoms with van der Waals surface area (Å²) in [5.74, 6) is -2.91. The van der Waals surface area contributed by atoms with E-state index >= 15 is 0 Å². The SMILES string of the molecule is O=C(Nc1ccc(Cl)cc1)[C@@H]1[C@H](C(=O)O)[C@@H]2C=C[C@H]1O2. The van der Waals surface area contributed by atoms with E-state index in [4.69, 9.17) is 16.3 Å². The van der Waals surface area contributed by atoms with Crippen LogP contribution in [0.3, 0.4) is 0 Å². The smallest absolute Gasteiger partial charge is 0.310 e. The van der Waals surface area contributed by atoms with Gasteiger partial charge in [0.1, 0.15) is 5.92 Å². The van der Waals surface area contributed by atoms with E-state index < -0.39 is 30.0 Å². The standard InChI is InChI=1S/C14H12ClNO4/c15-7-1-3-8(4-2-7)16-13(17)11-9-5-6-10(20-9)12(11)14(18)19/h1-6,9-12H,(H,16,17)(H,18,19)/t9-,10+,11+,12-/m1/s1. The molecule has 3 rings (SSSR count). The summed E-state index contributed by atoms with van der Waals surface area (Å²) in [7, 11) is 0. The Morgan fingerprint density at radius 2 is 1.70 bits per heavy atom. The second kappa shape index (κ2) is 4.92. The molecule has 2 bridgehead atoms. The van der Waals surface area contributed by atoms with Gasteiger partial charge >= 0.3 is 5.97 Å². The third kappa shape index (κ3) is 2.19. The van der Waals surface area contributed by atoms with Gasteiger partial charge in [-0.1, -0.05) is 23.8 Å². The molecule has 1 fully saturated rings. The lowest BCUT2D eigenvalue weighted by Gasteiger charge is -2.20. The van der Waals surface area contributed by atoms with E-state index in [1.165, 1.54) is 0 Å². The van der Waals surface area contributed by atoms with Gasteiger partial charge in [0.2, 0.25) is 5.91 Å². The zero-order valence-corrected chi connectivity index (χ0v) is 11.1. The van der Waals surface area contributed by atoms with Gasteiger partial charge in [0.05, 0.1) is 18.1 Å². The van der Waals surface area contributed by atoms with Crippen LogP contribution in [-0.2, 0) is 14.3 Å². The van der Waals surface area contributed by atoms with Crippen LogP contribution >= 0.6 is 11.6 Å². The number of fused-ring (bicyclic) bond motifs is 2. The van der Waals surface area contributed by atoms with Crippen molar-refractivity contribution in [2.75, 3.05) is 5.32 Å². The van der Waals surface area contributed by atoms with Crippen LogP contribution in [0.4, 0.5) is 5.69 Å². The van der Waals surface area contributed by atoms with Gasteiger partial charge in [0.15, 0.2) is 0 Å². The fraction of sp³-hybridized carbons (Fsp3) is 0.286. The van der Waals surface area contributed by atoms with Crippen LogP contribution in [0.1, 0.15) is 0 Å². The minimum absolute atomic E-state index is 0.350. The number of aliphatic carboxylic acids is 1. The lowest BCUT2D eigenvalue weighted by Crippen LogP contribution is -2.39. The van der Waals surface area contributed by atoms with Crippen molar-refractivity contribution in [2.24, 2.45) is 11.8 Å². The average Bonchev–Trinajstić information content (AvgIpc) is 3.01. The normalized spacial score (nSPS) is 30.4. The fourth-order valence-corrected chi connectivity index (χ4v) is 2.80. The molecule has 2 heterocycles. The molecule has 4 atom stereocenters. The van der Waals surface area contributed by atoms with Gasteiger partial charge in [-0.15, -0.1) is 0 Å². The summed E-state index contributed by atoms with van der Waals surface area (Å²) in [6.45, 7) is 0. The van der Waals surface area contributed by atoms with Gasteiger partial charge in [-0.25, -0.2) is 0 Å². The summed E-state index contributed by atoms with van der Waals surface area (Å²) in [5, 5.41) is 12.5. The minimum Gasteiger partial charge on any atom is -0.481 e. The first-order valence-corrected chi connectivity index (χ1v) is 6.57. The number of amides is 1. The Morgan fingerprint density at radius 1 is 1.10 bits per heavy atom. The van der Waals surface area contributed by atoms with Crippen LogP contribution in [-0.4, -0.2) is 29.2 Å². The van der Waals surface area contributed by atoms with Gasteiger partial charge in [-0.2, -0.15) is 0 Å². The Hall–Kier alpha value is -1.85. The highest BCUT2D eigenvalue weighted by molar-refractivity contribution is 6.30. The average molecular weight is 294 g/mol. The van der Waals surface area contributed by atoms with Crippen LogP contribution in [0.5, 0.6) is 0 Å². The molecule has 0 unspecified atom stereocenters. The molecule has 2 aliphatic heterocycles. The number of carboxylic acids is 1. The predicted octanol–water partition coefficient (Wildman–Crippen LogP) is 1.93. The van der Waals surface area contributed by atoms with Gasteiger partial charge in [-0.05, 0) is 24.3 Å². The minimum atomic E-state index is -1.02. The first-order valence-electron chi connectivity index (χ1n) is 6.19. The molecule has 1 aromatic carbocycles. The molecule has 1 amide bonds. The molecular formula is C14H12ClNO4. The number of carbonyl (C=O) groups excluding carboxylic acids is 1. The largest absolute Gasteiger partial charge is 0.481 e. The molecule has 104 valence electrons. The summed E-state index contributed by atoms with van der Waals surface area (Å²) in [6, 6.07) is 6.64. The lowest BCUT2D eigenvalue weighted by molar-refractivity contribution is -0.145. The van der Waals surface area contributed by atoms with E-state index in [0.717, 1.165) is 0 Å². The summed E-state index contributed by atoms with van der Waals surface area (Å²) in [5.41, 5.74) is 0.579. The lowest BCUT2D eigenvalue weighted by atomic mass is 9.82. The van der Waals surface area contributed by atoms with Crippen LogP contribution in [0.25, 0.3) is 0 Å². The van der Waals surface area contributed by atoms with Gasteiger partial charge < -0.3 is 15.2 Å². The molecule has 1 saturated heterocycles. The van der Waals surface area contributed by atoms with Crippen molar-refractivity contribution in [1.29, 1.82) is 0 Å². The number of carboxylic acid groups (broad SMARTS) is 1. The maximum Gasteiger partial charge on any atom is 0.310 e. The van der Waals surface area contributed by atoms with Crippen molar-refractivity contribution in [1.82, 2.24) is 0 Å². The quantitative estimate of drug-likeness (QED) is 0.835. The third-order valence-corrected chi connectivity index (χ3v) is 3.85. The molecule has 20 heavy (non-hydrogen) atoms. The highest BCUT2D eigenvalue weighted by Gasteiger charge is 2.53. The molecule has 0 aliphatic carbocycles. The number of carbonyl (C=O) groups is 2. The number of rotatable bonds is 3. The maximum atomic E-state index is 12.3. The van der Waals surface area contributed by atoms with Crippen molar-refractivity contribution >= 4 is 29.2 Å². The predicted molar refractivity (Wildman–Crippen MR) is 72.5 cm³/mol. The molecule has 0 radical (unpaired) electrons. The highest BCUT2D eigenvalue weighted by Crippen LogP contribution is 2.39. The number of ether oxygens (including phenoxy) is 1. The molecule has 1 aromatic rings. The van der Waals surface area contributed by atoms with Crippen molar-refractivity contribution in [3.63, 3.8) is 0 Å². The topological polar surface area (TPSA) is 75.6 Å². The Kier molecular flexibility index (Phi) is 3.23. The van der Waals surface area contributed by atoms with E-state index in [9.17, 15) is 14.7 Å². The molecular weight excluding hydrogens is 282 g/mol. The van der Waals surface area contributed by atoms with Crippen LogP contribution < -0.4 is 5.32 Å². The summed E-state index contributed by atoms with van der Waals surface area (Å²) in [4.78, 5) is 23.6.